The lowest BCUT2D eigenvalue weighted by Gasteiger charge is -1.99. The Morgan fingerprint density at radius 1 is 1.22 bits per heavy atom. The number of ether oxygens (including phenoxy) is 1. The standard InChI is InChI=1S/C17H12FNO2S2/c18-14-5-2-1-4-12(14)7-8-16(20)21-10-13-11-23-17(19-13)15-6-3-9-22-15/h1-9,11H,10H2/b8-7+. The van der Waals surface area contributed by atoms with E-state index in [1.807, 2.05) is 22.9 Å². The van der Waals surface area contributed by atoms with Gasteiger partial charge in [0.2, 0.25) is 0 Å². The molecular weight excluding hydrogens is 333 g/mol. The summed E-state index contributed by atoms with van der Waals surface area (Å²) in [6, 6.07) is 10.2. The van der Waals surface area contributed by atoms with Gasteiger partial charge in [-0.3, -0.25) is 0 Å². The van der Waals surface area contributed by atoms with E-state index in [1.165, 1.54) is 29.6 Å². The van der Waals surface area contributed by atoms with Crippen LogP contribution in [-0.4, -0.2) is 11.0 Å². The Morgan fingerprint density at radius 2 is 2.09 bits per heavy atom. The second-order valence-electron chi connectivity index (χ2n) is 4.58. The fourth-order valence-electron chi connectivity index (χ4n) is 1.85. The summed E-state index contributed by atoms with van der Waals surface area (Å²) in [6.07, 6.45) is 2.61. The van der Waals surface area contributed by atoms with Gasteiger partial charge in [0.1, 0.15) is 17.4 Å². The summed E-state index contributed by atoms with van der Waals surface area (Å²) in [5, 5.41) is 4.76. The normalized spacial score (nSPS) is 11.0. The lowest BCUT2D eigenvalue weighted by molar-refractivity contribution is -0.139. The molecule has 3 aromatic rings. The number of nitrogens with zero attached hydrogens (tertiary/aromatic N) is 1. The van der Waals surface area contributed by atoms with Crippen molar-refractivity contribution < 1.29 is 13.9 Å². The molecule has 1 aromatic carbocycles. The topological polar surface area (TPSA) is 39.2 Å². The third-order valence-electron chi connectivity index (χ3n) is 2.95. The van der Waals surface area contributed by atoms with Crippen molar-refractivity contribution in [2.45, 2.75) is 6.61 Å². The molecule has 0 N–H and O–H groups in total. The van der Waals surface area contributed by atoms with Crippen molar-refractivity contribution in [3.8, 4) is 9.88 Å². The molecular formula is C17H12FNO2S2. The van der Waals surface area contributed by atoms with E-state index in [0.29, 0.717) is 11.3 Å². The molecule has 23 heavy (non-hydrogen) atoms. The van der Waals surface area contributed by atoms with E-state index in [0.717, 1.165) is 9.88 Å². The molecule has 0 aliphatic heterocycles. The number of rotatable bonds is 5. The Labute approximate surface area is 140 Å². The molecule has 2 heterocycles. The predicted molar refractivity (Wildman–Crippen MR) is 90.7 cm³/mol. The van der Waals surface area contributed by atoms with Gasteiger partial charge < -0.3 is 4.74 Å². The van der Waals surface area contributed by atoms with Crippen molar-refractivity contribution in [1.82, 2.24) is 4.98 Å². The number of halogens is 1. The van der Waals surface area contributed by atoms with Crippen molar-refractivity contribution in [3.05, 3.63) is 70.3 Å². The largest absolute Gasteiger partial charge is 0.456 e. The van der Waals surface area contributed by atoms with Gasteiger partial charge in [0, 0.05) is 17.0 Å². The van der Waals surface area contributed by atoms with E-state index in [2.05, 4.69) is 4.98 Å². The molecule has 0 amide bonds. The molecule has 0 radical (unpaired) electrons. The number of thiophene rings is 1. The number of benzene rings is 1. The van der Waals surface area contributed by atoms with Gasteiger partial charge in [0.15, 0.2) is 0 Å². The molecule has 3 nitrogen and oxygen atoms in total. The molecule has 0 atom stereocenters. The third kappa shape index (κ3) is 4.12. The quantitative estimate of drug-likeness (QED) is 0.494. The number of esters is 1. The minimum Gasteiger partial charge on any atom is -0.456 e. The summed E-state index contributed by atoms with van der Waals surface area (Å²) in [5.74, 6) is -0.907. The zero-order valence-electron chi connectivity index (χ0n) is 11.9. The lowest BCUT2D eigenvalue weighted by atomic mass is 10.2. The summed E-state index contributed by atoms with van der Waals surface area (Å²) in [5.41, 5.74) is 1.05. The molecule has 0 saturated heterocycles. The molecule has 0 saturated carbocycles. The van der Waals surface area contributed by atoms with Crippen molar-refractivity contribution in [3.63, 3.8) is 0 Å². The van der Waals surface area contributed by atoms with E-state index in [9.17, 15) is 9.18 Å². The maximum Gasteiger partial charge on any atom is 0.331 e. The van der Waals surface area contributed by atoms with Crippen LogP contribution in [0.1, 0.15) is 11.3 Å². The summed E-state index contributed by atoms with van der Waals surface area (Å²) >= 11 is 3.13. The Balaban J connectivity index is 1.56. The van der Waals surface area contributed by atoms with Crippen molar-refractivity contribution in [1.29, 1.82) is 0 Å². The highest BCUT2D eigenvalue weighted by atomic mass is 32.1. The molecule has 0 aliphatic carbocycles. The third-order valence-corrected chi connectivity index (χ3v) is 4.88. The number of aromatic nitrogens is 1. The van der Waals surface area contributed by atoms with E-state index in [-0.39, 0.29) is 12.4 Å². The van der Waals surface area contributed by atoms with Crippen LogP contribution in [0.2, 0.25) is 0 Å². The van der Waals surface area contributed by atoms with Crippen molar-refractivity contribution >= 4 is 34.7 Å². The maximum absolute atomic E-state index is 13.4. The highest BCUT2D eigenvalue weighted by Gasteiger charge is 2.07. The first-order chi connectivity index (χ1) is 11.2. The molecule has 0 bridgehead atoms. The minimum absolute atomic E-state index is 0.0995. The molecule has 0 aliphatic rings. The van der Waals surface area contributed by atoms with Crippen molar-refractivity contribution in [2.24, 2.45) is 0 Å². The Morgan fingerprint density at radius 3 is 2.87 bits per heavy atom. The summed E-state index contributed by atoms with van der Waals surface area (Å²) < 4.78 is 18.5. The molecule has 6 heteroatoms. The van der Waals surface area contributed by atoms with E-state index in [4.69, 9.17) is 4.74 Å². The van der Waals surface area contributed by atoms with E-state index in [1.54, 1.807) is 29.5 Å². The average molecular weight is 345 g/mol. The van der Waals surface area contributed by atoms with Crippen molar-refractivity contribution in [2.75, 3.05) is 0 Å². The first-order valence-corrected chi connectivity index (χ1v) is 8.56. The Hall–Kier alpha value is -2.31. The fraction of sp³-hybridized carbons (Fsp3) is 0.0588. The molecule has 3 rings (SSSR count). The van der Waals surface area contributed by atoms with Crippen LogP contribution in [0.4, 0.5) is 4.39 Å². The van der Waals surface area contributed by atoms with Crippen LogP contribution >= 0.6 is 22.7 Å². The van der Waals surface area contributed by atoms with E-state index < -0.39 is 5.97 Å². The van der Waals surface area contributed by atoms with Gasteiger partial charge in [-0.25, -0.2) is 14.2 Å². The minimum atomic E-state index is -0.529. The Kier molecular flexibility index (Phi) is 4.95. The first kappa shape index (κ1) is 15.6. The maximum atomic E-state index is 13.4. The SMILES string of the molecule is O=C(/C=C/c1ccccc1F)OCc1csc(-c2cccs2)n1. The van der Waals surface area contributed by atoms with Gasteiger partial charge in [-0.2, -0.15) is 0 Å². The van der Waals surface area contributed by atoms with Gasteiger partial charge in [-0.05, 0) is 23.6 Å². The highest BCUT2D eigenvalue weighted by Crippen LogP contribution is 2.27. The van der Waals surface area contributed by atoms with Gasteiger partial charge in [0.25, 0.3) is 0 Å². The van der Waals surface area contributed by atoms with Crippen LogP contribution in [0, 0.1) is 5.82 Å². The van der Waals surface area contributed by atoms with Crippen LogP contribution in [0.15, 0.2) is 53.2 Å². The predicted octanol–water partition coefficient (Wildman–Crippen LogP) is 4.77. The van der Waals surface area contributed by atoms with Crippen LogP contribution in [-0.2, 0) is 16.1 Å². The van der Waals surface area contributed by atoms with Gasteiger partial charge in [-0.1, -0.05) is 24.3 Å². The fourth-order valence-corrected chi connectivity index (χ4v) is 3.47. The molecule has 0 fully saturated rings. The van der Waals surface area contributed by atoms with Crippen LogP contribution in [0.25, 0.3) is 16.0 Å². The molecule has 0 unspecified atom stereocenters. The van der Waals surface area contributed by atoms with Gasteiger partial charge in [-0.15, -0.1) is 22.7 Å². The number of hydrogen-bond acceptors (Lipinski definition) is 5. The number of carbonyl (C=O) groups is 1. The highest BCUT2D eigenvalue weighted by molar-refractivity contribution is 7.20. The van der Waals surface area contributed by atoms with Gasteiger partial charge >= 0.3 is 5.97 Å². The second kappa shape index (κ2) is 7.30. The summed E-state index contributed by atoms with van der Waals surface area (Å²) in [4.78, 5) is 17.2. The van der Waals surface area contributed by atoms with Crippen LogP contribution < -0.4 is 0 Å². The average Bonchev–Trinajstić information content (AvgIpc) is 3.23. The van der Waals surface area contributed by atoms with Crippen LogP contribution in [0.3, 0.4) is 0 Å². The number of thiazole rings is 1. The summed E-state index contributed by atoms with van der Waals surface area (Å²) in [7, 11) is 0. The molecule has 116 valence electrons. The summed E-state index contributed by atoms with van der Waals surface area (Å²) in [6.45, 7) is 0.0995. The smallest absolute Gasteiger partial charge is 0.331 e. The van der Waals surface area contributed by atoms with Gasteiger partial charge in [0.05, 0.1) is 10.6 Å². The molecule has 2 aromatic heterocycles. The Bertz CT molecular complexity index is 825. The second-order valence-corrected chi connectivity index (χ2v) is 6.39. The zero-order valence-corrected chi connectivity index (χ0v) is 13.6. The van der Waals surface area contributed by atoms with E-state index >= 15 is 0 Å². The zero-order chi connectivity index (χ0) is 16.1. The first-order valence-electron chi connectivity index (χ1n) is 6.80. The number of hydrogen-bond donors (Lipinski definition) is 0. The lowest BCUT2D eigenvalue weighted by Crippen LogP contribution is -2.01. The van der Waals surface area contributed by atoms with Crippen LogP contribution in [0.5, 0.6) is 0 Å². The molecule has 0 spiro atoms. The monoisotopic (exact) mass is 345 g/mol. The number of carbonyl (C=O) groups excluding carboxylic acids is 1.